The van der Waals surface area contributed by atoms with Crippen LogP contribution in [-0.2, 0) is 27.9 Å². The zero-order valence-corrected chi connectivity index (χ0v) is 51.2. The average Bonchev–Trinajstić information content (AvgIpc) is 3.37. The van der Waals surface area contributed by atoms with Gasteiger partial charge in [-0.05, 0) is 70.3 Å². The van der Waals surface area contributed by atoms with Gasteiger partial charge >= 0.3 is 5.97 Å². The molecule has 3 atom stereocenters. The molecule has 0 saturated heterocycles. The van der Waals surface area contributed by atoms with Crippen LogP contribution in [0.2, 0.25) is 0 Å². The van der Waals surface area contributed by atoms with E-state index in [0.29, 0.717) is 17.4 Å². The van der Waals surface area contributed by atoms with Gasteiger partial charge < -0.3 is 28.5 Å². The van der Waals surface area contributed by atoms with E-state index in [4.69, 9.17) is 13.8 Å². The molecule has 440 valence electrons. The fraction of sp³-hybridized carbons (Fsp3) is 0.846. The molecule has 9 nitrogen and oxygen atoms in total. The van der Waals surface area contributed by atoms with E-state index in [1.807, 2.05) is 33.3 Å². The second-order valence-corrected chi connectivity index (χ2v) is 24.3. The normalized spacial score (nSPS) is 14.0. The number of amides is 1. The van der Waals surface area contributed by atoms with Crippen molar-refractivity contribution in [2.75, 3.05) is 40.9 Å². The molecular weight excluding hydrogens is 952 g/mol. The second kappa shape index (κ2) is 55.3. The number of unbranched alkanes of at least 4 members (excludes halogenated alkanes) is 36. The number of rotatable bonds is 58. The van der Waals surface area contributed by atoms with E-state index < -0.39 is 20.0 Å². The Morgan fingerprint density at radius 2 is 0.813 bits per heavy atom. The highest BCUT2D eigenvalue weighted by Crippen LogP contribution is 2.38. The van der Waals surface area contributed by atoms with Crippen molar-refractivity contribution in [3.8, 4) is 0 Å². The molecule has 3 unspecified atom stereocenters. The maximum atomic E-state index is 13.5. The number of esters is 1. The number of quaternary nitrogens is 1. The number of phosphoric acid groups is 1. The van der Waals surface area contributed by atoms with Crippen LogP contribution in [0.15, 0.2) is 48.6 Å². The minimum atomic E-state index is -4.69. The van der Waals surface area contributed by atoms with Crippen LogP contribution in [-0.4, -0.2) is 69.4 Å². The molecule has 75 heavy (non-hydrogen) atoms. The highest BCUT2D eigenvalue weighted by atomic mass is 31.2. The number of hydrogen-bond donors (Lipinski definition) is 1. The minimum absolute atomic E-state index is 0.0215. The maximum Gasteiger partial charge on any atom is 0.306 e. The Hall–Kier alpha value is -2.03. The SMILES string of the molecule is CCCCC/C=C\C/C=C\C/C=C\CCCCCCCCCCCCC(=O)OC(/C=C/CCCCCCCCCCC)C(COP(=O)([O-])OCC[N+](C)(C)C)NC(=O)CCCCCCCCCCCCCCCCC. The van der Waals surface area contributed by atoms with E-state index >= 15 is 0 Å². The third kappa shape index (κ3) is 56.5. The lowest BCUT2D eigenvalue weighted by atomic mass is 10.0. The summed E-state index contributed by atoms with van der Waals surface area (Å²) in [6, 6.07) is -0.886. The zero-order chi connectivity index (χ0) is 55.0. The molecule has 0 heterocycles. The van der Waals surface area contributed by atoms with Crippen LogP contribution >= 0.6 is 7.82 Å². The summed E-state index contributed by atoms with van der Waals surface area (Å²) in [5, 5.41) is 3.03. The summed E-state index contributed by atoms with van der Waals surface area (Å²) in [5.41, 5.74) is 0. The molecule has 0 aliphatic rings. The predicted molar refractivity (Wildman–Crippen MR) is 321 cm³/mol. The summed E-state index contributed by atoms with van der Waals surface area (Å²) in [6.45, 7) is 6.84. The number of likely N-dealkylation sites (N-methyl/N-ethyl adjacent to an activating group) is 1. The van der Waals surface area contributed by atoms with Crippen LogP contribution in [0, 0.1) is 0 Å². The molecule has 0 aromatic heterocycles. The van der Waals surface area contributed by atoms with Gasteiger partial charge in [0.1, 0.15) is 19.3 Å². The summed E-state index contributed by atoms with van der Waals surface area (Å²) in [7, 11) is 1.19. The third-order valence-electron chi connectivity index (χ3n) is 14.3. The van der Waals surface area contributed by atoms with E-state index in [0.717, 1.165) is 70.6 Å². The number of ether oxygens (including phenoxy) is 1. The molecule has 10 heteroatoms. The first-order valence-electron chi connectivity index (χ1n) is 31.9. The van der Waals surface area contributed by atoms with Gasteiger partial charge in [-0.3, -0.25) is 14.2 Å². The molecule has 0 saturated carbocycles. The van der Waals surface area contributed by atoms with Crippen molar-refractivity contribution in [3.05, 3.63) is 48.6 Å². The molecule has 0 bridgehead atoms. The van der Waals surface area contributed by atoms with Crippen LogP contribution in [0.4, 0.5) is 0 Å². The molecule has 0 radical (unpaired) electrons. The van der Waals surface area contributed by atoms with Gasteiger partial charge in [0.25, 0.3) is 7.82 Å². The van der Waals surface area contributed by atoms with Gasteiger partial charge in [-0.2, -0.15) is 0 Å². The van der Waals surface area contributed by atoms with E-state index in [1.54, 1.807) is 0 Å². The van der Waals surface area contributed by atoms with E-state index in [2.05, 4.69) is 62.5 Å². The Bertz CT molecular complexity index is 1420. The fourth-order valence-electron chi connectivity index (χ4n) is 9.29. The number of carbonyl (C=O) groups excluding carboxylic acids is 2. The number of hydrogen-bond acceptors (Lipinski definition) is 7. The van der Waals surface area contributed by atoms with Gasteiger partial charge in [0.05, 0.1) is 33.8 Å². The third-order valence-corrected chi connectivity index (χ3v) is 15.2. The molecule has 0 aliphatic heterocycles. The molecule has 0 aromatic carbocycles. The molecule has 0 fully saturated rings. The highest BCUT2D eigenvalue weighted by molar-refractivity contribution is 7.45. The molecule has 1 amide bonds. The van der Waals surface area contributed by atoms with E-state index in [1.165, 1.54) is 199 Å². The molecule has 1 N–H and O–H groups in total. The summed E-state index contributed by atoms with van der Waals surface area (Å²) in [4.78, 5) is 40.0. The van der Waals surface area contributed by atoms with Crippen molar-refractivity contribution in [1.82, 2.24) is 5.32 Å². The smallest absolute Gasteiger partial charge is 0.306 e. The van der Waals surface area contributed by atoms with Gasteiger partial charge in [0.15, 0.2) is 0 Å². The number of carbonyl (C=O) groups is 2. The van der Waals surface area contributed by atoms with Crippen molar-refractivity contribution in [2.24, 2.45) is 0 Å². The summed E-state index contributed by atoms with van der Waals surface area (Å²) in [5.74, 6) is -0.535. The minimum Gasteiger partial charge on any atom is -0.756 e. The van der Waals surface area contributed by atoms with Crippen molar-refractivity contribution >= 4 is 19.7 Å². The molecule has 0 rings (SSSR count). The van der Waals surface area contributed by atoms with Crippen LogP contribution in [0.25, 0.3) is 0 Å². The number of allylic oxidation sites excluding steroid dienone is 7. The van der Waals surface area contributed by atoms with Crippen molar-refractivity contribution in [2.45, 2.75) is 315 Å². The van der Waals surface area contributed by atoms with Crippen molar-refractivity contribution in [3.63, 3.8) is 0 Å². The van der Waals surface area contributed by atoms with Crippen LogP contribution < -0.4 is 10.2 Å². The molecule has 0 spiro atoms. The zero-order valence-electron chi connectivity index (χ0n) is 50.3. The number of phosphoric ester groups is 1. The average molecular weight is 1080 g/mol. The van der Waals surface area contributed by atoms with Gasteiger partial charge in [0, 0.05) is 12.8 Å². The molecule has 0 aromatic rings. The highest BCUT2D eigenvalue weighted by Gasteiger charge is 2.27. The maximum absolute atomic E-state index is 13.5. The Kier molecular flexibility index (Phi) is 53.8. The van der Waals surface area contributed by atoms with Crippen LogP contribution in [0.1, 0.15) is 303 Å². The van der Waals surface area contributed by atoms with Crippen LogP contribution in [0.3, 0.4) is 0 Å². The molecular formula is C65H123N2O7P. The number of nitrogens with one attached hydrogen (secondary N) is 1. The lowest BCUT2D eigenvalue weighted by Gasteiger charge is -2.30. The van der Waals surface area contributed by atoms with Gasteiger partial charge in [-0.1, -0.05) is 269 Å². The van der Waals surface area contributed by atoms with Gasteiger partial charge in [-0.25, -0.2) is 0 Å². The van der Waals surface area contributed by atoms with Gasteiger partial charge in [0.2, 0.25) is 5.91 Å². The monoisotopic (exact) mass is 1070 g/mol. The lowest BCUT2D eigenvalue weighted by molar-refractivity contribution is -0.870. The standard InChI is InChI=1S/C65H123N2O7P/c1-7-10-13-16-19-22-25-27-29-30-31-32-33-34-35-36-38-40-43-46-49-52-55-58-65(69)74-63(56-53-50-47-44-41-24-21-18-15-12-9-3)62(61-73-75(70,71)72-60-59-67(4,5)6)66-64(68)57-54-51-48-45-42-39-37-28-26-23-20-17-14-11-8-2/h19,22,27,29,31-32,53,56,62-63H,7-18,20-21,23-26,28,30,33-52,54-55,57-61H2,1-6H3,(H-,66,68,70,71)/b22-19-,29-27-,32-31-,56-53+. The first kappa shape index (κ1) is 73.0. The van der Waals surface area contributed by atoms with Gasteiger partial charge in [-0.15, -0.1) is 0 Å². The van der Waals surface area contributed by atoms with E-state index in [9.17, 15) is 19.0 Å². The Balaban J connectivity index is 5.13. The summed E-state index contributed by atoms with van der Waals surface area (Å²) >= 11 is 0. The number of nitrogens with zero attached hydrogens (tertiary/aromatic N) is 1. The largest absolute Gasteiger partial charge is 0.756 e. The lowest BCUT2D eigenvalue weighted by Crippen LogP contribution is -2.47. The van der Waals surface area contributed by atoms with E-state index in [-0.39, 0.29) is 31.5 Å². The Morgan fingerprint density at radius 1 is 0.467 bits per heavy atom. The Morgan fingerprint density at radius 3 is 1.24 bits per heavy atom. The topological polar surface area (TPSA) is 114 Å². The first-order valence-corrected chi connectivity index (χ1v) is 33.4. The second-order valence-electron chi connectivity index (χ2n) is 22.9. The fourth-order valence-corrected chi connectivity index (χ4v) is 10.0. The first-order chi connectivity index (χ1) is 36.4. The Labute approximate surface area is 465 Å². The van der Waals surface area contributed by atoms with Crippen molar-refractivity contribution < 1.29 is 37.3 Å². The molecule has 0 aliphatic carbocycles. The predicted octanol–water partition coefficient (Wildman–Crippen LogP) is 19.0. The van der Waals surface area contributed by atoms with Crippen LogP contribution in [0.5, 0.6) is 0 Å². The van der Waals surface area contributed by atoms with Crippen molar-refractivity contribution in [1.29, 1.82) is 0 Å². The summed E-state index contributed by atoms with van der Waals surface area (Å²) in [6.07, 6.45) is 67.9. The quantitative estimate of drug-likeness (QED) is 0.0212. The summed E-state index contributed by atoms with van der Waals surface area (Å²) < 4.78 is 30.3.